The third-order valence-corrected chi connectivity index (χ3v) is 5.05. The predicted octanol–water partition coefficient (Wildman–Crippen LogP) is 2.86. The first kappa shape index (κ1) is 15.3. The molecule has 0 unspecified atom stereocenters. The second-order valence-electron chi connectivity index (χ2n) is 4.42. The Bertz CT molecular complexity index is 730. The first-order chi connectivity index (χ1) is 9.42. The molecule has 2 aromatic rings. The zero-order chi connectivity index (χ0) is 14.8. The van der Waals surface area contributed by atoms with E-state index in [9.17, 15) is 8.42 Å². The molecule has 0 radical (unpaired) electrons. The number of nitrogens with one attached hydrogen (secondary N) is 1. The van der Waals surface area contributed by atoms with E-state index in [1.807, 2.05) is 18.2 Å². The van der Waals surface area contributed by atoms with E-state index in [0.717, 1.165) is 9.13 Å². The highest BCUT2D eigenvalue weighted by molar-refractivity contribution is 14.1. The van der Waals surface area contributed by atoms with E-state index in [-0.39, 0.29) is 4.90 Å². The maximum absolute atomic E-state index is 12.4. The molecule has 106 valence electrons. The summed E-state index contributed by atoms with van der Waals surface area (Å²) in [5.74, 6) is 0. The third kappa shape index (κ3) is 3.50. The minimum absolute atomic E-state index is 0.263. The molecule has 0 aliphatic heterocycles. The Hall–Kier alpha value is -1.12. The SMILES string of the molecule is Cc1ccc(CN)cc1S(=O)(=O)Nc1cccc(I)c1. The number of halogens is 1. The van der Waals surface area contributed by atoms with Crippen LogP contribution < -0.4 is 10.5 Å². The maximum Gasteiger partial charge on any atom is 0.262 e. The fourth-order valence-corrected chi connectivity index (χ4v) is 3.71. The summed E-state index contributed by atoms with van der Waals surface area (Å²) in [6.07, 6.45) is 0. The average molecular weight is 402 g/mol. The molecule has 0 amide bonds. The molecule has 0 heterocycles. The number of sulfonamides is 1. The lowest BCUT2D eigenvalue weighted by molar-refractivity contribution is 0.600. The van der Waals surface area contributed by atoms with Gasteiger partial charge in [0.15, 0.2) is 0 Å². The van der Waals surface area contributed by atoms with Gasteiger partial charge in [0.05, 0.1) is 4.90 Å². The van der Waals surface area contributed by atoms with E-state index in [0.29, 0.717) is 17.8 Å². The fraction of sp³-hybridized carbons (Fsp3) is 0.143. The standard InChI is InChI=1S/C14H15IN2O2S/c1-10-5-6-11(9-16)7-14(10)20(18,19)17-13-4-2-3-12(15)8-13/h2-8,17H,9,16H2,1H3. The zero-order valence-corrected chi connectivity index (χ0v) is 13.9. The summed E-state index contributed by atoms with van der Waals surface area (Å²) in [6, 6.07) is 12.4. The Labute approximate surface area is 132 Å². The van der Waals surface area contributed by atoms with Gasteiger partial charge in [-0.05, 0) is 64.9 Å². The van der Waals surface area contributed by atoms with Gasteiger partial charge in [-0.15, -0.1) is 0 Å². The molecule has 0 saturated heterocycles. The van der Waals surface area contributed by atoms with Gasteiger partial charge in [-0.25, -0.2) is 8.42 Å². The second kappa shape index (κ2) is 6.11. The van der Waals surface area contributed by atoms with Gasteiger partial charge >= 0.3 is 0 Å². The largest absolute Gasteiger partial charge is 0.326 e. The lowest BCUT2D eigenvalue weighted by Gasteiger charge is -2.11. The Morgan fingerprint density at radius 3 is 2.60 bits per heavy atom. The molecule has 0 spiro atoms. The Balaban J connectivity index is 2.40. The van der Waals surface area contributed by atoms with Gasteiger partial charge in [-0.1, -0.05) is 18.2 Å². The van der Waals surface area contributed by atoms with Gasteiger partial charge in [-0.2, -0.15) is 0 Å². The van der Waals surface area contributed by atoms with E-state index in [4.69, 9.17) is 5.73 Å². The molecule has 0 bridgehead atoms. The molecule has 6 heteroatoms. The Morgan fingerprint density at radius 2 is 1.95 bits per heavy atom. The van der Waals surface area contributed by atoms with Crippen molar-refractivity contribution < 1.29 is 8.42 Å². The van der Waals surface area contributed by atoms with Crippen LogP contribution in [0.2, 0.25) is 0 Å². The summed E-state index contributed by atoms with van der Waals surface area (Å²) in [5, 5.41) is 0. The number of rotatable bonds is 4. The van der Waals surface area contributed by atoms with Gasteiger partial charge < -0.3 is 5.73 Å². The molecule has 0 aliphatic rings. The van der Waals surface area contributed by atoms with Crippen LogP contribution in [0, 0.1) is 10.5 Å². The molecule has 0 fully saturated rings. The molecule has 0 saturated carbocycles. The number of hydrogen-bond donors (Lipinski definition) is 2. The molecule has 20 heavy (non-hydrogen) atoms. The summed E-state index contributed by atoms with van der Waals surface area (Å²) in [4.78, 5) is 0.263. The molecule has 2 aromatic carbocycles. The molecule has 0 atom stereocenters. The Morgan fingerprint density at radius 1 is 1.20 bits per heavy atom. The quantitative estimate of drug-likeness (QED) is 0.773. The van der Waals surface area contributed by atoms with Crippen LogP contribution in [0.3, 0.4) is 0 Å². The normalized spacial score (nSPS) is 11.3. The first-order valence-corrected chi connectivity index (χ1v) is 8.56. The number of aryl methyl sites for hydroxylation is 1. The van der Waals surface area contributed by atoms with Crippen molar-refractivity contribution >= 4 is 38.3 Å². The first-order valence-electron chi connectivity index (χ1n) is 6.00. The number of benzene rings is 2. The van der Waals surface area contributed by atoms with Crippen LogP contribution in [0.15, 0.2) is 47.4 Å². The van der Waals surface area contributed by atoms with Crippen LogP contribution in [0.5, 0.6) is 0 Å². The van der Waals surface area contributed by atoms with Crippen molar-refractivity contribution in [3.8, 4) is 0 Å². The van der Waals surface area contributed by atoms with Gasteiger partial charge in [0.25, 0.3) is 10.0 Å². The average Bonchev–Trinajstić information content (AvgIpc) is 2.38. The zero-order valence-electron chi connectivity index (χ0n) is 10.9. The minimum Gasteiger partial charge on any atom is -0.326 e. The van der Waals surface area contributed by atoms with Crippen molar-refractivity contribution in [2.45, 2.75) is 18.4 Å². The van der Waals surface area contributed by atoms with Crippen LogP contribution in [0.4, 0.5) is 5.69 Å². The smallest absolute Gasteiger partial charge is 0.262 e. The summed E-state index contributed by atoms with van der Waals surface area (Å²) in [6.45, 7) is 2.08. The van der Waals surface area contributed by atoms with E-state index in [1.54, 1.807) is 31.2 Å². The maximum atomic E-state index is 12.4. The summed E-state index contributed by atoms with van der Waals surface area (Å²) < 4.78 is 28.5. The van der Waals surface area contributed by atoms with E-state index in [1.165, 1.54) is 0 Å². The summed E-state index contributed by atoms with van der Waals surface area (Å²) >= 11 is 2.14. The molecule has 2 rings (SSSR count). The summed E-state index contributed by atoms with van der Waals surface area (Å²) in [5.41, 5.74) is 7.60. The summed E-state index contributed by atoms with van der Waals surface area (Å²) in [7, 11) is -3.60. The molecular weight excluding hydrogens is 387 g/mol. The molecular formula is C14H15IN2O2S. The van der Waals surface area contributed by atoms with E-state index >= 15 is 0 Å². The number of hydrogen-bond acceptors (Lipinski definition) is 3. The topological polar surface area (TPSA) is 72.2 Å². The van der Waals surface area contributed by atoms with Gasteiger partial charge in [-0.3, -0.25) is 4.72 Å². The molecule has 0 aliphatic carbocycles. The van der Waals surface area contributed by atoms with E-state index < -0.39 is 10.0 Å². The highest BCUT2D eigenvalue weighted by Crippen LogP contribution is 2.21. The van der Waals surface area contributed by atoms with Crippen molar-refractivity contribution in [1.82, 2.24) is 0 Å². The van der Waals surface area contributed by atoms with Crippen LogP contribution >= 0.6 is 22.6 Å². The van der Waals surface area contributed by atoms with Crippen LogP contribution in [0.1, 0.15) is 11.1 Å². The molecule has 0 aromatic heterocycles. The van der Waals surface area contributed by atoms with E-state index in [2.05, 4.69) is 27.3 Å². The van der Waals surface area contributed by atoms with Crippen molar-refractivity contribution in [3.63, 3.8) is 0 Å². The van der Waals surface area contributed by atoms with Crippen LogP contribution in [-0.4, -0.2) is 8.42 Å². The van der Waals surface area contributed by atoms with Crippen LogP contribution in [-0.2, 0) is 16.6 Å². The monoisotopic (exact) mass is 402 g/mol. The van der Waals surface area contributed by atoms with Crippen LogP contribution in [0.25, 0.3) is 0 Å². The third-order valence-electron chi connectivity index (χ3n) is 2.85. The lowest BCUT2D eigenvalue weighted by atomic mass is 10.1. The number of nitrogens with two attached hydrogens (primary N) is 1. The van der Waals surface area contributed by atoms with Crippen molar-refractivity contribution in [1.29, 1.82) is 0 Å². The second-order valence-corrected chi connectivity index (χ2v) is 7.32. The van der Waals surface area contributed by atoms with Gasteiger partial charge in [0, 0.05) is 15.8 Å². The highest BCUT2D eigenvalue weighted by Gasteiger charge is 2.17. The predicted molar refractivity (Wildman–Crippen MR) is 89.0 cm³/mol. The van der Waals surface area contributed by atoms with Gasteiger partial charge in [0.1, 0.15) is 0 Å². The van der Waals surface area contributed by atoms with Gasteiger partial charge in [0.2, 0.25) is 0 Å². The molecule has 3 N–H and O–H groups in total. The molecule has 4 nitrogen and oxygen atoms in total. The van der Waals surface area contributed by atoms with Crippen molar-refractivity contribution in [2.24, 2.45) is 5.73 Å². The highest BCUT2D eigenvalue weighted by atomic mass is 127. The fourth-order valence-electron chi connectivity index (χ4n) is 1.82. The lowest BCUT2D eigenvalue weighted by Crippen LogP contribution is -2.15. The minimum atomic E-state index is -3.60. The van der Waals surface area contributed by atoms with Crippen molar-refractivity contribution in [2.75, 3.05) is 4.72 Å². The van der Waals surface area contributed by atoms with Crippen molar-refractivity contribution in [3.05, 3.63) is 57.2 Å². The Kier molecular flexibility index (Phi) is 4.66. The number of anilines is 1.